The van der Waals surface area contributed by atoms with Gasteiger partial charge >= 0.3 is 0 Å². The molecule has 96 valence electrons. The van der Waals surface area contributed by atoms with E-state index in [-0.39, 0.29) is 0 Å². The molecule has 16 heavy (non-hydrogen) atoms. The first-order valence-electron chi connectivity index (χ1n) is 6.66. The van der Waals surface area contributed by atoms with Crippen molar-refractivity contribution in [2.24, 2.45) is 5.92 Å². The summed E-state index contributed by atoms with van der Waals surface area (Å²) in [7, 11) is 0. The van der Waals surface area contributed by atoms with Gasteiger partial charge in [0.2, 0.25) is 0 Å². The zero-order valence-corrected chi connectivity index (χ0v) is 11.4. The molecule has 0 aromatic heterocycles. The largest absolute Gasteiger partial charge is 0.387 e. The van der Waals surface area contributed by atoms with Crippen LogP contribution < -0.4 is 0 Å². The molecular weight excluding hydrogens is 200 g/mol. The van der Waals surface area contributed by atoms with Crippen molar-refractivity contribution in [3.8, 4) is 0 Å². The Morgan fingerprint density at radius 1 is 1.25 bits per heavy atom. The lowest BCUT2D eigenvalue weighted by Crippen LogP contribution is -2.63. The van der Waals surface area contributed by atoms with Gasteiger partial charge in [0.05, 0.1) is 5.60 Å². The summed E-state index contributed by atoms with van der Waals surface area (Å²) in [5.41, 5.74) is -0.405. The Morgan fingerprint density at radius 3 is 2.25 bits per heavy atom. The van der Waals surface area contributed by atoms with Gasteiger partial charge in [-0.3, -0.25) is 4.90 Å². The molecule has 0 aromatic rings. The summed E-state index contributed by atoms with van der Waals surface area (Å²) < 4.78 is 0. The van der Waals surface area contributed by atoms with Gasteiger partial charge < -0.3 is 10.0 Å². The molecule has 0 saturated carbocycles. The van der Waals surface area contributed by atoms with Crippen molar-refractivity contribution in [2.45, 2.75) is 39.7 Å². The summed E-state index contributed by atoms with van der Waals surface area (Å²) in [5.74, 6) is 0.701. The van der Waals surface area contributed by atoms with Crippen molar-refractivity contribution < 1.29 is 5.11 Å². The van der Waals surface area contributed by atoms with E-state index in [0.717, 1.165) is 45.7 Å². The second-order valence-corrected chi connectivity index (χ2v) is 5.56. The number of likely N-dealkylation sites (tertiary alicyclic amines) is 1. The van der Waals surface area contributed by atoms with Crippen LogP contribution in [0.2, 0.25) is 0 Å². The molecule has 1 aliphatic rings. The predicted molar refractivity (Wildman–Crippen MR) is 68.6 cm³/mol. The molecule has 3 nitrogen and oxygen atoms in total. The highest BCUT2D eigenvalue weighted by atomic mass is 16.3. The Bertz CT molecular complexity index is 196. The molecule has 0 amide bonds. The minimum Gasteiger partial charge on any atom is -0.387 e. The fraction of sp³-hybridized carbons (Fsp3) is 1.00. The lowest BCUT2D eigenvalue weighted by molar-refractivity contribution is -0.109. The van der Waals surface area contributed by atoms with Crippen molar-refractivity contribution in [1.82, 2.24) is 9.80 Å². The molecule has 0 aromatic carbocycles. The number of hydrogen-bond donors (Lipinski definition) is 1. The van der Waals surface area contributed by atoms with E-state index in [4.69, 9.17) is 0 Å². The molecule has 0 spiro atoms. The van der Waals surface area contributed by atoms with Crippen LogP contribution in [-0.2, 0) is 0 Å². The van der Waals surface area contributed by atoms with E-state index in [2.05, 4.69) is 37.5 Å². The van der Waals surface area contributed by atoms with Crippen molar-refractivity contribution in [2.75, 3.05) is 39.3 Å². The number of β-amino-alcohol motifs (C(OH)–C–C–N with tert-alkyl or cyclic N) is 1. The molecule has 1 rings (SSSR count). The highest BCUT2D eigenvalue weighted by molar-refractivity contribution is 4.95. The minimum absolute atomic E-state index is 0.405. The second kappa shape index (κ2) is 5.99. The smallest absolute Gasteiger partial charge is 0.0912 e. The van der Waals surface area contributed by atoms with Gasteiger partial charge in [-0.05, 0) is 25.4 Å². The van der Waals surface area contributed by atoms with Gasteiger partial charge in [-0.2, -0.15) is 0 Å². The predicted octanol–water partition coefficient (Wildman–Crippen LogP) is 1.42. The van der Waals surface area contributed by atoms with Gasteiger partial charge in [-0.1, -0.05) is 27.7 Å². The van der Waals surface area contributed by atoms with Crippen LogP contribution in [0.5, 0.6) is 0 Å². The van der Waals surface area contributed by atoms with E-state index in [0.29, 0.717) is 5.92 Å². The lowest BCUT2D eigenvalue weighted by atomic mass is 9.89. The van der Waals surface area contributed by atoms with E-state index in [1.807, 2.05) is 0 Å². The fourth-order valence-corrected chi connectivity index (χ4v) is 2.50. The van der Waals surface area contributed by atoms with E-state index >= 15 is 0 Å². The number of aliphatic hydroxyl groups is 1. The van der Waals surface area contributed by atoms with Crippen LogP contribution in [0, 0.1) is 5.92 Å². The zero-order valence-electron chi connectivity index (χ0n) is 11.4. The first kappa shape index (κ1) is 13.9. The standard InChI is InChI=1S/C13H28N2O/c1-5-14(6-2)8-7-13(16)10-15(11-13)9-12(3)4/h12,16H,5-11H2,1-4H3. The summed E-state index contributed by atoms with van der Waals surface area (Å²) in [6.45, 7) is 14.9. The molecule has 1 saturated heterocycles. The van der Waals surface area contributed by atoms with Crippen molar-refractivity contribution >= 4 is 0 Å². The van der Waals surface area contributed by atoms with Crippen LogP contribution in [0.1, 0.15) is 34.1 Å². The monoisotopic (exact) mass is 228 g/mol. The fourth-order valence-electron chi connectivity index (χ4n) is 2.50. The van der Waals surface area contributed by atoms with Gasteiger partial charge in [0, 0.05) is 26.2 Å². The normalized spacial score (nSPS) is 20.4. The Labute approximate surface area is 100 Å². The summed E-state index contributed by atoms with van der Waals surface area (Å²) in [5, 5.41) is 10.3. The minimum atomic E-state index is -0.405. The summed E-state index contributed by atoms with van der Waals surface area (Å²) in [6.07, 6.45) is 0.920. The maximum atomic E-state index is 10.3. The molecule has 1 aliphatic heterocycles. The van der Waals surface area contributed by atoms with Crippen molar-refractivity contribution in [3.63, 3.8) is 0 Å². The Hall–Kier alpha value is -0.120. The number of nitrogens with zero attached hydrogens (tertiary/aromatic N) is 2. The highest BCUT2D eigenvalue weighted by Crippen LogP contribution is 2.25. The van der Waals surface area contributed by atoms with Crippen molar-refractivity contribution in [3.05, 3.63) is 0 Å². The van der Waals surface area contributed by atoms with Crippen LogP contribution in [-0.4, -0.2) is 59.8 Å². The first-order valence-corrected chi connectivity index (χ1v) is 6.66. The van der Waals surface area contributed by atoms with Gasteiger partial charge in [-0.25, -0.2) is 0 Å². The molecule has 1 heterocycles. The third-order valence-corrected chi connectivity index (χ3v) is 3.45. The van der Waals surface area contributed by atoms with E-state index in [1.54, 1.807) is 0 Å². The summed E-state index contributed by atoms with van der Waals surface area (Å²) in [6, 6.07) is 0. The third kappa shape index (κ3) is 4.04. The highest BCUT2D eigenvalue weighted by Gasteiger charge is 2.40. The molecule has 3 heteroatoms. The number of hydrogen-bond acceptors (Lipinski definition) is 3. The van der Waals surface area contributed by atoms with Crippen LogP contribution in [0.3, 0.4) is 0 Å². The van der Waals surface area contributed by atoms with Gasteiger partial charge in [0.15, 0.2) is 0 Å². The molecular formula is C13H28N2O. The Kier molecular flexibility index (Phi) is 5.22. The van der Waals surface area contributed by atoms with E-state index in [9.17, 15) is 5.11 Å². The van der Waals surface area contributed by atoms with Gasteiger partial charge in [0.1, 0.15) is 0 Å². The van der Waals surface area contributed by atoms with E-state index < -0.39 is 5.60 Å². The maximum absolute atomic E-state index is 10.3. The first-order chi connectivity index (χ1) is 7.49. The second-order valence-electron chi connectivity index (χ2n) is 5.56. The molecule has 0 bridgehead atoms. The van der Waals surface area contributed by atoms with Crippen LogP contribution in [0.25, 0.3) is 0 Å². The average molecular weight is 228 g/mol. The molecule has 1 fully saturated rings. The van der Waals surface area contributed by atoms with E-state index in [1.165, 1.54) is 0 Å². The van der Waals surface area contributed by atoms with Crippen LogP contribution >= 0.6 is 0 Å². The topological polar surface area (TPSA) is 26.7 Å². The van der Waals surface area contributed by atoms with Crippen LogP contribution in [0.4, 0.5) is 0 Å². The van der Waals surface area contributed by atoms with Gasteiger partial charge in [0.25, 0.3) is 0 Å². The molecule has 0 unspecified atom stereocenters. The third-order valence-electron chi connectivity index (χ3n) is 3.45. The molecule has 0 atom stereocenters. The average Bonchev–Trinajstić information content (AvgIpc) is 2.16. The molecule has 0 aliphatic carbocycles. The quantitative estimate of drug-likeness (QED) is 0.714. The lowest BCUT2D eigenvalue weighted by Gasteiger charge is -2.48. The van der Waals surface area contributed by atoms with Crippen LogP contribution in [0.15, 0.2) is 0 Å². The Morgan fingerprint density at radius 2 is 1.81 bits per heavy atom. The van der Waals surface area contributed by atoms with Crippen molar-refractivity contribution in [1.29, 1.82) is 0 Å². The van der Waals surface area contributed by atoms with Gasteiger partial charge in [-0.15, -0.1) is 0 Å². The molecule has 1 N–H and O–H groups in total. The SMILES string of the molecule is CCN(CC)CCC1(O)CN(CC(C)C)C1. The maximum Gasteiger partial charge on any atom is 0.0912 e. The molecule has 0 radical (unpaired) electrons. The Balaban J connectivity index is 2.19. The number of rotatable bonds is 7. The summed E-state index contributed by atoms with van der Waals surface area (Å²) >= 11 is 0. The summed E-state index contributed by atoms with van der Waals surface area (Å²) in [4.78, 5) is 4.73. The zero-order chi connectivity index (χ0) is 12.2.